The first kappa shape index (κ1) is 21.4. The zero-order chi connectivity index (χ0) is 16.6. The minimum Gasteiger partial charge on any atom is -0.863 e. The Morgan fingerprint density at radius 2 is 1.41 bits per heavy atom. The number of non-ortho nitro benzene ring substituents is 1. The number of hydrogen-bond donors (Lipinski definition) is 2. The third-order valence-corrected chi connectivity index (χ3v) is 2.09. The van der Waals surface area contributed by atoms with Crippen LogP contribution in [0.4, 0.5) is 17.1 Å². The van der Waals surface area contributed by atoms with Gasteiger partial charge in [-0.05, 0) is 6.54 Å². The molecule has 0 aliphatic carbocycles. The number of nitro groups is 3. The van der Waals surface area contributed by atoms with Gasteiger partial charge in [-0.3, -0.25) is 30.3 Å². The Kier molecular flexibility index (Phi) is 9.65. The first-order chi connectivity index (χ1) is 9.76. The van der Waals surface area contributed by atoms with Crippen LogP contribution in [-0.2, 0) is 0 Å². The van der Waals surface area contributed by atoms with E-state index in [2.05, 4.69) is 5.73 Å². The molecule has 0 fully saturated rings. The van der Waals surface area contributed by atoms with Crippen LogP contribution in [0.2, 0.25) is 0 Å². The third kappa shape index (κ3) is 6.04. The molecule has 124 valence electrons. The van der Waals surface area contributed by atoms with E-state index in [4.69, 9.17) is 5.73 Å². The molecule has 0 aromatic heterocycles. The molecule has 0 bridgehead atoms. The Balaban J connectivity index is 0. The van der Waals surface area contributed by atoms with E-state index >= 15 is 0 Å². The summed E-state index contributed by atoms with van der Waals surface area (Å²) in [6, 6.07) is 0.769. The minimum absolute atomic E-state index is 0. The fourth-order valence-electron chi connectivity index (χ4n) is 1.11. The molecule has 0 heterocycles. The second-order valence-electron chi connectivity index (χ2n) is 3.58. The molecule has 0 saturated heterocycles. The van der Waals surface area contributed by atoms with Crippen LogP contribution in [0, 0.1) is 30.3 Å². The van der Waals surface area contributed by atoms with Gasteiger partial charge in [0.05, 0.1) is 39.2 Å². The number of rotatable bonds is 5. The number of quaternary nitrogens is 1. The molecule has 7 N–H and O–H groups in total. The zero-order valence-electron chi connectivity index (χ0n) is 11.3. The first-order valence-electron chi connectivity index (χ1n) is 5.53. The zero-order valence-corrected chi connectivity index (χ0v) is 11.3. The molecule has 0 aliphatic heterocycles. The van der Waals surface area contributed by atoms with Crippen molar-refractivity contribution < 1.29 is 31.1 Å². The quantitative estimate of drug-likeness (QED) is 0.463. The second-order valence-corrected chi connectivity index (χ2v) is 3.58. The van der Waals surface area contributed by atoms with E-state index < -0.39 is 37.6 Å². The van der Waals surface area contributed by atoms with Crippen molar-refractivity contribution in [2.45, 2.75) is 6.42 Å². The van der Waals surface area contributed by atoms with Crippen molar-refractivity contribution in [3.05, 3.63) is 42.5 Å². The Morgan fingerprint density at radius 1 is 1.00 bits per heavy atom. The third-order valence-electron chi connectivity index (χ3n) is 2.09. The van der Waals surface area contributed by atoms with E-state index in [1.165, 1.54) is 0 Å². The fraction of sp³-hybridized carbons (Fsp3) is 0.333. The van der Waals surface area contributed by atoms with Crippen LogP contribution in [0.25, 0.3) is 0 Å². The highest BCUT2D eigenvalue weighted by Gasteiger charge is 2.24. The van der Waals surface area contributed by atoms with Crippen LogP contribution in [0.1, 0.15) is 6.42 Å². The molecule has 0 saturated carbocycles. The molecule has 0 radical (unpaired) electrons. The van der Waals surface area contributed by atoms with Crippen molar-refractivity contribution in [1.29, 1.82) is 0 Å². The maximum Gasteiger partial charge on any atom is 0.283 e. The highest BCUT2D eigenvalue weighted by molar-refractivity contribution is 5.63. The molecule has 0 spiro atoms. The Bertz CT molecular complexity index is 512. The lowest BCUT2D eigenvalue weighted by atomic mass is 10.2. The van der Waals surface area contributed by atoms with Crippen LogP contribution in [0.15, 0.2) is 12.1 Å². The summed E-state index contributed by atoms with van der Waals surface area (Å²) in [6.45, 7) is 1.75. The standard InChI is InChI=1S/C6H3N3O7.C3H10N2.H2O/c10-6-4(8(13)14)1-3(7(11)12)2-5(6)9(15)16;4-2-1-3-5;/h1-2,10H;1-5H2;1H2. The van der Waals surface area contributed by atoms with Gasteiger partial charge in [-0.2, -0.15) is 0 Å². The van der Waals surface area contributed by atoms with Crippen molar-refractivity contribution in [1.82, 2.24) is 0 Å². The van der Waals surface area contributed by atoms with Crippen molar-refractivity contribution in [3.8, 4) is 5.75 Å². The largest absolute Gasteiger partial charge is 0.863 e. The predicted octanol–water partition coefficient (Wildman–Crippen LogP) is -1.76. The average molecular weight is 321 g/mol. The van der Waals surface area contributed by atoms with Gasteiger partial charge in [0.2, 0.25) is 0 Å². The molecule has 13 heteroatoms. The number of hydrogen-bond acceptors (Lipinski definition) is 8. The molecular formula is C9H15N5O8. The van der Waals surface area contributed by atoms with Gasteiger partial charge in [-0.1, -0.05) is 0 Å². The molecule has 0 unspecified atom stereocenters. The van der Waals surface area contributed by atoms with Crippen LogP contribution < -0.4 is 16.6 Å². The van der Waals surface area contributed by atoms with Crippen LogP contribution in [0.3, 0.4) is 0 Å². The van der Waals surface area contributed by atoms with Gasteiger partial charge in [0.15, 0.2) is 0 Å². The maximum atomic E-state index is 11.1. The second kappa shape index (κ2) is 9.92. The van der Waals surface area contributed by atoms with Gasteiger partial charge in [-0.15, -0.1) is 0 Å². The molecule has 1 rings (SSSR count). The van der Waals surface area contributed by atoms with Gasteiger partial charge in [0, 0.05) is 6.42 Å². The van der Waals surface area contributed by atoms with Crippen LogP contribution in [-0.4, -0.2) is 33.3 Å². The predicted molar refractivity (Wildman–Crippen MR) is 70.9 cm³/mol. The smallest absolute Gasteiger partial charge is 0.283 e. The van der Waals surface area contributed by atoms with Gasteiger partial charge in [-0.25, -0.2) is 0 Å². The van der Waals surface area contributed by atoms with E-state index in [1.54, 1.807) is 0 Å². The van der Waals surface area contributed by atoms with Crippen molar-refractivity contribution in [3.63, 3.8) is 0 Å². The summed E-state index contributed by atoms with van der Waals surface area (Å²) in [4.78, 5) is 27.5. The summed E-state index contributed by atoms with van der Waals surface area (Å²) < 4.78 is 0. The summed E-state index contributed by atoms with van der Waals surface area (Å²) in [5.74, 6) is -1.46. The highest BCUT2D eigenvalue weighted by atomic mass is 16.6. The molecule has 0 amide bonds. The van der Waals surface area contributed by atoms with Crippen molar-refractivity contribution in [2.75, 3.05) is 13.1 Å². The van der Waals surface area contributed by atoms with Crippen LogP contribution in [0.5, 0.6) is 5.75 Å². The first-order valence-corrected chi connectivity index (χ1v) is 5.53. The summed E-state index contributed by atoms with van der Waals surface area (Å²) in [5.41, 5.74) is 5.43. The lowest BCUT2D eigenvalue weighted by molar-refractivity contribution is -0.420. The molecule has 13 nitrogen and oxygen atoms in total. The van der Waals surface area contributed by atoms with Crippen LogP contribution >= 0.6 is 0 Å². The molecule has 0 aliphatic rings. The van der Waals surface area contributed by atoms with E-state index in [-0.39, 0.29) is 5.48 Å². The van der Waals surface area contributed by atoms with Gasteiger partial charge >= 0.3 is 0 Å². The Morgan fingerprint density at radius 3 is 1.59 bits per heavy atom. The lowest BCUT2D eigenvalue weighted by Crippen LogP contribution is -2.50. The maximum absolute atomic E-state index is 11.1. The average Bonchev–Trinajstić information content (AvgIpc) is 2.39. The summed E-state index contributed by atoms with van der Waals surface area (Å²) in [5, 5.41) is 42.1. The molecule has 1 aromatic carbocycles. The van der Waals surface area contributed by atoms with Gasteiger partial charge in [0.25, 0.3) is 17.1 Å². The van der Waals surface area contributed by atoms with E-state index in [1.807, 2.05) is 0 Å². The lowest BCUT2D eigenvalue weighted by Gasteiger charge is -2.06. The number of nitrogens with zero attached hydrogens (tertiary/aromatic N) is 3. The molecule has 0 atom stereocenters. The SMILES string of the molecule is NCCC[NH3+].O.O=[N+]([O-])c1cc([N+](=O)[O-])c([O-])c([N+](=O)[O-])c1. The normalized spacial score (nSPS) is 9.00. The van der Waals surface area contributed by atoms with E-state index in [0.717, 1.165) is 19.5 Å². The fourth-order valence-corrected chi connectivity index (χ4v) is 1.11. The molecule has 1 aromatic rings. The molecule has 22 heavy (non-hydrogen) atoms. The number of benzene rings is 1. The van der Waals surface area contributed by atoms with Crippen molar-refractivity contribution >= 4 is 17.1 Å². The monoisotopic (exact) mass is 321 g/mol. The van der Waals surface area contributed by atoms with E-state index in [9.17, 15) is 35.4 Å². The summed E-state index contributed by atoms with van der Waals surface area (Å²) in [6.07, 6.45) is 1.06. The summed E-state index contributed by atoms with van der Waals surface area (Å²) in [7, 11) is 0. The van der Waals surface area contributed by atoms with Gasteiger partial charge < -0.3 is 22.1 Å². The Hall–Kier alpha value is -2.90. The van der Waals surface area contributed by atoms with Crippen molar-refractivity contribution in [2.24, 2.45) is 5.73 Å². The van der Waals surface area contributed by atoms with Gasteiger partial charge in [0.1, 0.15) is 0 Å². The Labute approximate surface area is 122 Å². The number of nitrogens with two attached hydrogens (primary N) is 1. The van der Waals surface area contributed by atoms with E-state index in [0.29, 0.717) is 12.1 Å². The number of nitro benzene ring substituents is 3. The molecular weight excluding hydrogens is 306 g/mol. The topological polar surface area (TPSA) is 238 Å². The minimum atomic E-state index is -1.46. The highest BCUT2D eigenvalue weighted by Crippen LogP contribution is 2.36. The summed E-state index contributed by atoms with van der Waals surface area (Å²) >= 11 is 0.